The summed E-state index contributed by atoms with van der Waals surface area (Å²) in [5.41, 5.74) is 6.09. The monoisotopic (exact) mass is 360 g/mol. The molecule has 27 heavy (non-hydrogen) atoms. The zero-order chi connectivity index (χ0) is 19.3. The van der Waals surface area contributed by atoms with E-state index < -0.39 is 11.7 Å². The average molecular weight is 360 g/mol. The molecule has 0 aromatic heterocycles. The Balaban J connectivity index is 2.03. The largest absolute Gasteiger partial charge is 0.443 e. The Kier molecular flexibility index (Phi) is 5.46. The highest BCUT2D eigenvalue weighted by Crippen LogP contribution is 2.33. The molecule has 4 nitrogen and oxygen atoms in total. The van der Waals surface area contributed by atoms with Crippen LogP contribution in [-0.2, 0) is 4.74 Å². The quantitative estimate of drug-likeness (QED) is 0.586. The summed E-state index contributed by atoms with van der Waals surface area (Å²) in [6.45, 7) is 5.53. The van der Waals surface area contributed by atoms with Gasteiger partial charge in [-0.05, 0) is 44.5 Å². The molecule has 3 aromatic carbocycles. The van der Waals surface area contributed by atoms with Crippen LogP contribution >= 0.6 is 0 Å². The molecule has 0 saturated heterocycles. The Morgan fingerprint density at radius 3 is 2.00 bits per heavy atom. The number of carbonyl (C=O) groups excluding carboxylic acids is 1. The smallest absolute Gasteiger partial charge is 0.426 e. The first-order valence-corrected chi connectivity index (χ1v) is 8.93. The van der Waals surface area contributed by atoms with Crippen molar-refractivity contribution in [1.82, 2.24) is 5.43 Å². The van der Waals surface area contributed by atoms with Crippen LogP contribution in [0.2, 0.25) is 0 Å². The average Bonchev–Trinajstić information content (AvgIpc) is 2.66. The van der Waals surface area contributed by atoms with Gasteiger partial charge < -0.3 is 4.74 Å². The maximum absolute atomic E-state index is 12.5. The van der Waals surface area contributed by atoms with E-state index in [1.165, 1.54) is 0 Å². The lowest BCUT2D eigenvalue weighted by Gasteiger charge is -2.29. The number of carbonyl (C=O) groups is 1. The van der Waals surface area contributed by atoms with Crippen molar-refractivity contribution in [3.63, 3.8) is 0 Å². The van der Waals surface area contributed by atoms with Gasteiger partial charge in [0, 0.05) is 5.56 Å². The van der Waals surface area contributed by atoms with E-state index in [4.69, 9.17) is 4.74 Å². The van der Waals surface area contributed by atoms with Gasteiger partial charge in [-0.15, -0.1) is 0 Å². The summed E-state index contributed by atoms with van der Waals surface area (Å²) in [6.07, 6.45) is -0.505. The third-order valence-corrected chi connectivity index (χ3v) is 3.85. The number of hydrogen-bond donors (Lipinski definition) is 1. The predicted octanol–water partition coefficient (Wildman–Crippen LogP) is 5.93. The van der Waals surface area contributed by atoms with Gasteiger partial charge in [0.25, 0.3) is 0 Å². The summed E-state index contributed by atoms with van der Waals surface area (Å²) >= 11 is 0. The minimum absolute atomic E-state index is 0.505. The minimum atomic E-state index is -0.578. The molecule has 0 aliphatic carbocycles. The summed E-state index contributed by atoms with van der Waals surface area (Å²) in [5.74, 6) is 0. The molecule has 0 aliphatic heterocycles. The number of para-hydroxylation sites is 2. The third kappa shape index (κ3) is 4.88. The van der Waals surface area contributed by atoms with Crippen molar-refractivity contribution in [2.45, 2.75) is 26.4 Å². The molecule has 1 N–H and O–H groups in total. The van der Waals surface area contributed by atoms with Crippen molar-refractivity contribution >= 4 is 17.5 Å². The highest BCUT2D eigenvalue weighted by atomic mass is 16.6. The van der Waals surface area contributed by atoms with E-state index in [2.05, 4.69) is 17.6 Å². The molecule has 3 aromatic rings. The zero-order valence-corrected chi connectivity index (χ0v) is 15.8. The second-order valence-electron chi connectivity index (χ2n) is 7.17. The number of hydrogen-bond acceptors (Lipinski definition) is 3. The molecule has 0 unspecified atom stereocenters. The summed E-state index contributed by atoms with van der Waals surface area (Å²) in [4.78, 5) is 12.5. The maximum Gasteiger partial charge on any atom is 0.426 e. The number of benzene rings is 3. The standard InChI is InChI=1S/C23H24N2O2/c1-23(2,3)27-22(26)24-25(19-14-8-5-9-15-19)21-17-11-10-16-20(21)18-12-6-4-7-13-18/h4-17H,1-3H3,(H,24,26). The Morgan fingerprint density at radius 2 is 1.37 bits per heavy atom. The van der Waals surface area contributed by atoms with Crippen LogP contribution in [0.5, 0.6) is 0 Å². The number of anilines is 2. The number of hydrazine groups is 1. The van der Waals surface area contributed by atoms with Crippen LogP contribution in [0.3, 0.4) is 0 Å². The fourth-order valence-corrected chi connectivity index (χ4v) is 2.76. The van der Waals surface area contributed by atoms with Crippen LogP contribution in [0.1, 0.15) is 20.8 Å². The van der Waals surface area contributed by atoms with Gasteiger partial charge in [0.15, 0.2) is 0 Å². The number of nitrogens with one attached hydrogen (secondary N) is 1. The molecule has 3 rings (SSSR count). The Labute approximate surface area is 160 Å². The van der Waals surface area contributed by atoms with Crippen molar-refractivity contribution in [3.8, 4) is 11.1 Å². The lowest BCUT2D eigenvalue weighted by atomic mass is 10.0. The van der Waals surface area contributed by atoms with E-state index >= 15 is 0 Å². The molecule has 0 radical (unpaired) electrons. The van der Waals surface area contributed by atoms with Crippen LogP contribution in [0.25, 0.3) is 11.1 Å². The Morgan fingerprint density at radius 1 is 0.815 bits per heavy atom. The molecular weight excluding hydrogens is 336 g/mol. The molecule has 138 valence electrons. The summed E-state index contributed by atoms with van der Waals surface area (Å²) < 4.78 is 5.47. The molecule has 0 atom stereocenters. The lowest BCUT2D eigenvalue weighted by Crippen LogP contribution is -2.42. The normalized spacial score (nSPS) is 10.9. The molecule has 4 heteroatoms. The first kappa shape index (κ1) is 18.5. The zero-order valence-electron chi connectivity index (χ0n) is 15.8. The summed E-state index contributed by atoms with van der Waals surface area (Å²) in [5, 5.41) is 1.76. The van der Waals surface area contributed by atoms with E-state index in [0.717, 1.165) is 22.5 Å². The van der Waals surface area contributed by atoms with Gasteiger partial charge in [0.1, 0.15) is 5.60 Å². The summed E-state index contributed by atoms with van der Waals surface area (Å²) in [6, 6.07) is 27.7. The van der Waals surface area contributed by atoms with Crippen LogP contribution in [0.4, 0.5) is 16.2 Å². The number of ether oxygens (including phenoxy) is 1. The van der Waals surface area contributed by atoms with Gasteiger partial charge in [-0.2, -0.15) is 0 Å². The van der Waals surface area contributed by atoms with Gasteiger partial charge in [-0.3, -0.25) is 5.01 Å². The fourth-order valence-electron chi connectivity index (χ4n) is 2.76. The summed E-state index contributed by atoms with van der Waals surface area (Å²) in [7, 11) is 0. The Hall–Kier alpha value is -3.27. The van der Waals surface area contributed by atoms with Crippen molar-refractivity contribution in [3.05, 3.63) is 84.9 Å². The van der Waals surface area contributed by atoms with Crippen molar-refractivity contribution in [2.24, 2.45) is 0 Å². The number of nitrogens with zero attached hydrogens (tertiary/aromatic N) is 1. The maximum atomic E-state index is 12.5. The molecule has 0 fully saturated rings. The number of rotatable bonds is 4. The predicted molar refractivity (Wildman–Crippen MR) is 110 cm³/mol. The molecular formula is C23H24N2O2. The van der Waals surface area contributed by atoms with Crippen LogP contribution in [0.15, 0.2) is 84.9 Å². The second kappa shape index (κ2) is 7.96. The fraction of sp³-hybridized carbons (Fsp3) is 0.174. The first-order chi connectivity index (χ1) is 12.9. The van der Waals surface area contributed by atoms with E-state index in [9.17, 15) is 4.79 Å². The molecule has 0 bridgehead atoms. The third-order valence-electron chi connectivity index (χ3n) is 3.85. The van der Waals surface area contributed by atoms with E-state index in [1.54, 1.807) is 5.01 Å². The highest BCUT2D eigenvalue weighted by molar-refractivity contribution is 5.84. The Bertz CT molecular complexity index is 887. The molecule has 0 spiro atoms. The first-order valence-electron chi connectivity index (χ1n) is 8.93. The van der Waals surface area contributed by atoms with Gasteiger partial charge in [0.2, 0.25) is 0 Å². The van der Waals surface area contributed by atoms with Gasteiger partial charge in [0.05, 0.1) is 11.4 Å². The van der Waals surface area contributed by atoms with Crippen LogP contribution < -0.4 is 10.4 Å². The van der Waals surface area contributed by atoms with Crippen molar-refractivity contribution < 1.29 is 9.53 Å². The highest BCUT2D eigenvalue weighted by Gasteiger charge is 2.21. The minimum Gasteiger partial charge on any atom is -0.443 e. The van der Waals surface area contributed by atoms with Crippen LogP contribution in [0, 0.1) is 0 Å². The topological polar surface area (TPSA) is 41.6 Å². The molecule has 1 amide bonds. The van der Waals surface area contributed by atoms with E-state index in [-0.39, 0.29) is 0 Å². The number of amides is 1. The van der Waals surface area contributed by atoms with E-state index in [0.29, 0.717) is 0 Å². The van der Waals surface area contributed by atoms with Gasteiger partial charge in [-0.1, -0.05) is 66.7 Å². The van der Waals surface area contributed by atoms with Crippen molar-refractivity contribution in [2.75, 3.05) is 5.01 Å². The van der Waals surface area contributed by atoms with Gasteiger partial charge >= 0.3 is 6.09 Å². The second-order valence-corrected chi connectivity index (χ2v) is 7.17. The van der Waals surface area contributed by atoms with Gasteiger partial charge in [-0.25, -0.2) is 10.2 Å². The molecule has 0 saturated carbocycles. The lowest BCUT2D eigenvalue weighted by molar-refractivity contribution is 0.0528. The van der Waals surface area contributed by atoms with Crippen LogP contribution in [-0.4, -0.2) is 11.7 Å². The van der Waals surface area contributed by atoms with Crippen molar-refractivity contribution in [1.29, 1.82) is 0 Å². The molecule has 0 aliphatic rings. The van der Waals surface area contributed by atoms with E-state index in [1.807, 2.05) is 93.6 Å². The SMILES string of the molecule is CC(C)(C)OC(=O)NN(c1ccccc1)c1ccccc1-c1ccccc1. The molecule has 0 heterocycles.